The van der Waals surface area contributed by atoms with E-state index in [1.54, 1.807) is 0 Å². The molecule has 0 aliphatic carbocycles. The lowest BCUT2D eigenvalue weighted by atomic mass is 10.1. The molecular formula is C47H82O6. The molecule has 0 heterocycles. The third-order valence-corrected chi connectivity index (χ3v) is 9.32. The van der Waals surface area contributed by atoms with Gasteiger partial charge in [0.15, 0.2) is 6.10 Å². The Morgan fingerprint density at radius 2 is 0.736 bits per heavy atom. The fourth-order valence-electron chi connectivity index (χ4n) is 5.98. The highest BCUT2D eigenvalue weighted by atomic mass is 16.6. The average Bonchev–Trinajstić information content (AvgIpc) is 3.15. The Labute approximate surface area is 327 Å². The third kappa shape index (κ3) is 40.4. The van der Waals surface area contributed by atoms with Crippen molar-refractivity contribution in [2.45, 2.75) is 219 Å². The molecule has 0 aromatic carbocycles. The van der Waals surface area contributed by atoms with Gasteiger partial charge in [-0.25, -0.2) is 0 Å². The van der Waals surface area contributed by atoms with E-state index in [9.17, 15) is 14.4 Å². The monoisotopic (exact) mass is 743 g/mol. The summed E-state index contributed by atoms with van der Waals surface area (Å²) in [6, 6.07) is 0. The first kappa shape index (κ1) is 50.4. The number of unbranched alkanes of at least 4 members (excludes halogenated alkanes) is 20. The lowest BCUT2D eigenvalue weighted by molar-refractivity contribution is -0.167. The van der Waals surface area contributed by atoms with Gasteiger partial charge in [0.1, 0.15) is 13.2 Å². The zero-order chi connectivity index (χ0) is 38.7. The third-order valence-electron chi connectivity index (χ3n) is 9.32. The molecule has 0 radical (unpaired) electrons. The van der Waals surface area contributed by atoms with E-state index in [1.165, 1.54) is 83.5 Å². The Hall–Kier alpha value is -2.63. The van der Waals surface area contributed by atoms with Crippen molar-refractivity contribution < 1.29 is 28.6 Å². The highest BCUT2D eigenvalue weighted by Gasteiger charge is 2.19. The lowest BCUT2D eigenvalue weighted by Crippen LogP contribution is -2.30. The fraction of sp³-hybridized carbons (Fsp3) is 0.766. The van der Waals surface area contributed by atoms with E-state index in [0.717, 1.165) is 89.9 Å². The van der Waals surface area contributed by atoms with Gasteiger partial charge in [-0.05, 0) is 77.0 Å². The SMILES string of the molecule is CC/C=C\C/C=C\C/C=C\CCCCC(=O)OCC(COC(=O)CCCCCCCCCCCCC)OC(=O)CCCCCCC/C=C\CCCCC. The van der Waals surface area contributed by atoms with Crippen molar-refractivity contribution in [2.24, 2.45) is 0 Å². The molecule has 0 spiro atoms. The van der Waals surface area contributed by atoms with Crippen LogP contribution in [-0.2, 0) is 28.6 Å². The van der Waals surface area contributed by atoms with Crippen LogP contribution >= 0.6 is 0 Å². The van der Waals surface area contributed by atoms with Gasteiger partial charge < -0.3 is 14.2 Å². The van der Waals surface area contributed by atoms with Gasteiger partial charge in [0.2, 0.25) is 0 Å². The van der Waals surface area contributed by atoms with Gasteiger partial charge >= 0.3 is 17.9 Å². The first-order valence-corrected chi connectivity index (χ1v) is 22.1. The minimum atomic E-state index is -0.787. The molecule has 0 amide bonds. The van der Waals surface area contributed by atoms with Crippen molar-refractivity contribution in [2.75, 3.05) is 13.2 Å². The maximum absolute atomic E-state index is 12.7. The summed E-state index contributed by atoms with van der Waals surface area (Å²) in [7, 11) is 0. The lowest BCUT2D eigenvalue weighted by Gasteiger charge is -2.18. The van der Waals surface area contributed by atoms with Crippen LogP contribution in [-0.4, -0.2) is 37.2 Å². The van der Waals surface area contributed by atoms with Crippen molar-refractivity contribution in [1.29, 1.82) is 0 Å². The standard InChI is InChI=1S/C47H82O6/c1-4-7-10-13-16-19-22-25-28-31-34-37-40-46(49)52-43-44(42-51-45(48)39-36-33-30-27-24-21-18-15-12-9-6-3)53-47(50)41-38-35-32-29-26-23-20-17-14-11-8-5-2/h7,10,16-17,19-20,25,28,44H,4-6,8-9,11-15,18,21-24,26-27,29-43H2,1-3H3/b10-7-,19-16-,20-17-,28-25-. The van der Waals surface area contributed by atoms with Crippen LogP contribution in [0.1, 0.15) is 213 Å². The van der Waals surface area contributed by atoms with Gasteiger partial charge in [-0.15, -0.1) is 0 Å². The second kappa shape index (κ2) is 42.1. The van der Waals surface area contributed by atoms with E-state index >= 15 is 0 Å². The molecule has 0 aliphatic rings. The zero-order valence-corrected chi connectivity index (χ0v) is 34.8. The summed E-state index contributed by atoms with van der Waals surface area (Å²) in [6.45, 7) is 6.43. The number of esters is 3. The zero-order valence-electron chi connectivity index (χ0n) is 34.8. The van der Waals surface area contributed by atoms with E-state index in [1.807, 2.05) is 0 Å². The topological polar surface area (TPSA) is 78.9 Å². The second-order valence-corrected chi connectivity index (χ2v) is 14.6. The van der Waals surface area contributed by atoms with Crippen molar-refractivity contribution in [3.8, 4) is 0 Å². The quantitative estimate of drug-likeness (QED) is 0.0270. The minimum Gasteiger partial charge on any atom is -0.462 e. The predicted octanol–water partition coefficient (Wildman–Crippen LogP) is 14.0. The van der Waals surface area contributed by atoms with Crippen molar-refractivity contribution in [3.63, 3.8) is 0 Å². The molecule has 0 aliphatic heterocycles. The molecule has 6 heteroatoms. The molecule has 306 valence electrons. The average molecular weight is 743 g/mol. The van der Waals surface area contributed by atoms with Gasteiger partial charge in [-0.2, -0.15) is 0 Å². The Bertz CT molecular complexity index is 949. The van der Waals surface area contributed by atoms with E-state index in [0.29, 0.717) is 19.3 Å². The molecule has 0 saturated heterocycles. The van der Waals surface area contributed by atoms with Crippen LogP contribution in [0.4, 0.5) is 0 Å². The molecule has 0 aromatic heterocycles. The normalized spacial score (nSPS) is 12.4. The molecule has 0 bridgehead atoms. The van der Waals surface area contributed by atoms with Crippen LogP contribution in [0.5, 0.6) is 0 Å². The highest BCUT2D eigenvalue weighted by Crippen LogP contribution is 2.14. The molecule has 0 aromatic rings. The van der Waals surface area contributed by atoms with Crippen molar-refractivity contribution in [1.82, 2.24) is 0 Å². The largest absolute Gasteiger partial charge is 0.462 e. The Balaban J connectivity index is 4.44. The van der Waals surface area contributed by atoms with Crippen LogP contribution < -0.4 is 0 Å². The first-order valence-electron chi connectivity index (χ1n) is 22.1. The van der Waals surface area contributed by atoms with Gasteiger partial charge in [0.25, 0.3) is 0 Å². The first-order chi connectivity index (χ1) is 26.0. The number of hydrogen-bond donors (Lipinski definition) is 0. The van der Waals surface area contributed by atoms with Crippen LogP contribution in [0.25, 0.3) is 0 Å². The van der Waals surface area contributed by atoms with Gasteiger partial charge in [0.05, 0.1) is 0 Å². The van der Waals surface area contributed by atoms with E-state index < -0.39 is 6.10 Å². The summed E-state index contributed by atoms with van der Waals surface area (Å²) in [5.41, 5.74) is 0. The molecule has 0 N–H and O–H groups in total. The number of rotatable bonds is 39. The Morgan fingerprint density at radius 3 is 1.25 bits per heavy atom. The Kier molecular flexibility index (Phi) is 40.0. The molecule has 0 saturated carbocycles. The van der Waals surface area contributed by atoms with Gasteiger partial charge in [-0.3, -0.25) is 14.4 Å². The maximum Gasteiger partial charge on any atom is 0.306 e. The molecule has 53 heavy (non-hydrogen) atoms. The van der Waals surface area contributed by atoms with Crippen molar-refractivity contribution >= 4 is 17.9 Å². The summed E-state index contributed by atoms with van der Waals surface area (Å²) in [5, 5.41) is 0. The van der Waals surface area contributed by atoms with E-state index in [-0.39, 0.29) is 31.1 Å². The smallest absolute Gasteiger partial charge is 0.306 e. The van der Waals surface area contributed by atoms with Gasteiger partial charge in [0, 0.05) is 19.3 Å². The molecular weight excluding hydrogens is 661 g/mol. The molecule has 6 nitrogen and oxygen atoms in total. The van der Waals surface area contributed by atoms with Crippen LogP contribution in [0.2, 0.25) is 0 Å². The van der Waals surface area contributed by atoms with E-state index in [4.69, 9.17) is 14.2 Å². The second-order valence-electron chi connectivity index (χ2n) is 14.6. The summed E-state index contributed by atoms with van der Waals surface area (Å²) < 4.78 is 16.6. The number of ether oxygens (including phenoxy) is 3. The summed E-state index contributed by atoms with van der Waals surface area (Å²) in [6.07, 6.45) is 48.1. The molecule has 1 unspecified atom stereocenters. The number of allylic oxidation sites excluding steroid dienone is 8. The molecule has 0 fully saturated rings. The van der Waals surface area contributed by atoms with E-state index in [2.05, 4.69) is 69.4 Å². The van der Waals surface area contributed by atoms with Crippen LogP contribution in [0.3, 0.4) is 0 Å². The fourth-order valence-corrected chi connectivity index (χ4v) is 5.98. The van der Waals surface area contributed by atoms with Crippen LogP contribution in [0.15, 0.2) is 48.6 Å². The summed E-state index contributed by atoms with van der Waals surface area (Å²) >= 11 is 0. The minimum absolute atomic E-state index is 0.0873. The Morgan fingerprint density at radius 1 is 0.396 bits per heavy atom. The summed E-state index contributed by atoms with van der Waals surface area (Å²) in [4.78, 5) is 37.6. The summed E-state index contributed by atoms with van der Waals surface area (Å²) in [5.74, 6) is -0.941. The number of carbonyl (C=O) groups excluding carboxylic acids is 3. The predicted molar refractivity (Wildman–Crippen MR) is 224 cm³/mol. The maximum atomic E-state index is 12.7. The highest BCUT2D eigenvalue weighted by molar-refractivity contribution is 5.71. The van der Waals surface area contributed by atoms with Gasteiger partial charge in [-0.1, -0.05) is 166 Å². The number of hydrogen-bond acceptors (Lipinski definition) is 6. The molecule has 1 atom stereocenters. The number of carbonyl (C=O) groups is 3. The van der Waals surface area contributed by atoms with Crippen LogP contribution in [0, 0.1) is 0 Å². The van der Waals surface area contributed by atoms with Crippen molar-refractivity contribution in [3.05, 3.63) is 48.6 Å². The molecule has 0 rings (SSSR count).